The third-order valence-corrected chi connectivity index (χ3v) is 4.77. The van der Waals surface area contributed by atoms with E-state index in [2.05, 4.69) is 10.3 Å². The van der Waals surface area contributed by atoms with Gasteiger partial charge < -0.3 is 10.2 Å². The molecule has 1 atom stereocenters. The zero-order valence-corrected chi connectivity index (χ0v) is 14.0. The molecule has 1 N–H and O–H groups in total. The number of rotatable bonds is 6. The molecule has 2 amide bonds. The van der Waals surface area contributed by atoms with Crippen molar-refractivity contribution in [3.63, 3.8) is 0 Å². The van der Waals surface area contributed by atoms with Gasteiger partial charge >= 0.3 is 0 Å². The number of carbonyl (C=O) groups is 2. The highest BCUT2D eigenvalue weighted by molar-refractivity contribution is 8.13. The first kappa shape index (κ1) is 16.5. The largest absolute Gasteiger partial charge is 0.344 e. The molecule has 2 aromatic rings. The van der Waals surface area contributed by atoms with Crippen molar-refractivity contribution in [3.8, 4) is 0 Å². The van der Waals surface area contributed by atoms with E-state index in [0.29, 0.717) is 13.0 Å². The second kappa shape index (κ2) is 7.97. The Labute approximate surface area is 145 Å². The molecule has 1 unspecified atom stereocenters. The molecule has 24 heavy (non-hydrogen) atoms. The number of aromatic nitrogens is 1. The van der Waals surface area contributed by atoms with Crippen molar-refractivity contribution in [1.82, 2.24) is 15.2 Å². The van der Waals surface area contributed by atoms with E-state index in [1.54, 1.807) is 11.1 Å². The van der Waals surface area contributed by atoms with Gasteiger partial charge in [0.1, 0.15) is 0 Å². The second-order valence-electron chi connectivity index (χ2n) is 5.52. The van der Waals surface area contributed by atoms with E-state index < -0.39 is 0 Å². The van der Waals surface area contributed by atoms with Crippen LogP contribution in [-0.4, -0.2) is 39.9 Å². The molecule has 1 aliphatic heterocycles. The molecule has 124 valence electrons. The van der Waals surface area contributed by atoms with Crippen LogP contribution in [0, 0.1) is 0 Å². The summed E-state index contributed by atoms with van der Waals surface area (Å²) >= 11 is 1.31. The standard InChI is InChI=1S/C18H19N3O2S/c22-16(9-11-21-12-13-24-18(21)23)20-17(14-6-2-1-3-7-14)15-8-4-5-10-19-15/h1-8,10,17H,9,11-13H2,(H,20,22). The highest BCUT2D eigenvalue weighted by atomic mass is 32.2. The van der Waals surface area contributed by atoms with E-state index in [9.17, 15) is 9.59 Å². The first-order valence-electron chi connectivity index (χ1n) is 7.91. The van der Waals surface area contributed by atoms with Crippen LogP contribution in [-0.2, 0) is 4.79 Å². The minimum atomic E-state index is -0.288. The lowest BCUT2D eigenvalue weighted by atomic mass is 10.0. The molecule has 3 rings (SSSR count). The molecule has 1 saturated heterocycles. The van der Waals surface area contributed by atoms with Gasteiger partial charge in [0.2, 0.25) is 5.91 Å². The Morgan fingerprint density at radius 3 is 2.67 bits per heavy atom. The summed E-state index contributed by atoms with van der Waals surface area (Å²) in [6, 6.07) is 15.1. The van der Waals surface area contributed by atoms with Crippen molar-refractivity contribution in [3.05, 3.63) is 66.0 Å². The molecule has 0 saturated carbocycles. The molecular formula is C18H19N3O2S. The van der Waals surface area contributed by atoms with Gasteiger partial charge in [0.25, 0.3) is 5.24 Å². The summed E-state index contributed by atoms with van der Waals surface area (Å²) in [5.41, 5.74) is 1.78. The van der Waals surface area contributed by atoms with E-state index >= 15 is 0 Å². The Bertz CT molecular complexity index is 654. The van der Waals surface area contributed by atoms with Crippen LogP contribution in [0.15, 0.2) is 54.7 Å². The van der Waals surface area contributed by atoms with Crippen molar-refractivity contribution in [2.45, 2.75) is 12.5 Å². The van der Waals surface area contributed by atoms with E-state index in [4.69, 9.17) is 0 Å². The Kier molecular flexibility index (Phi) is 5.48. The molecule has 1 aromatic heterocycles. The first-order chi connectivity index (χ1) is 11.7. The van der Waals surface area contributed by atoms with Crippen LogP contribution >= 0.6 is 11.8 Å². The molecule has 1 aliphatic rings. The fourth-order valence-electron chi connectivity index (χ4n) is 2.62. The highest BCUT2D eigenvalue weighted by Crippen LogP contribution is 2.21. The van der Waals surface area contributed by atoms with Crippen LogP contribution in [0.1, 0.15) is 23.7 Å². The first-order valence-corrected chi connectivity index (χ1v) is 8.89. The van der Waals surface area contributed by atoms with E-state index in [1.807, 2.05) is 48.5 Å². The zero-order valence-electron chi connectivity index (χ0n) is 13.2. The second-order valence-corrected chi connectivity index (χ2v) is 6.56. The molecule has 0 spiro atoms. The Morgan fingerprint density at radius 1 is 1.21 bits per heavy atom. The lowest BCUT2D eigenvalue weighted by Crippen LogP contribution is -2.33. The molecule has 5 nitrogen and oxygen atoms in total. The SMILES string of the molecule is O=C(CCN1CCSC1=O)NC(c1ccccc1)c1ccccn1. The summed E-state index contributed by atoms with van der Waals surface area (Å²) in [7, 11) is 0. The third kappa shape index (κ3) is 4.14. The van der Waals surface area contributed by atoms with Crippen molar-refractivity contribution < 1.29 is 9.59 Å². The van der Waals surface area contributed by atoms with Crippen molar-refractivity contribution >= 4 is 22.9 Å². The maximum atomic E-state index is 12.4. The summed E-state index contributed by atoms with van der Waals surface area (Å²) in [6.07, 6.45) is 2.01. The van der Waals surface area contributed by atoms with Gasteiger partial charge in [0, 0.05) is 31.5 Å². The lowest BCUT2D eigenvalue weighted by molar-refractivity contribution is -0.121. The Balaban J connectivity index is 1.68. The average Bonchev–Trinajstić information content (AvgIpc) is 3.04. The number of benzene rings is 1. The number of nitrogens with one attached hydrogen (secondary N) is 1. The molecule has 2 heterocycles. The number of pyridine rings is 1. The lowest BCUT2D eigenvalue weighted by Gasteiger charge is -2.20. The number of thioether (sulfide) groups is 1. The third-order valence-electron chi connectivity index (χ3n) is 3.88. The van der Waals surface area contributed by atoms with Gasteiger partial charge in [0.05, 0.1) is 11.7 Å². The number of amides is 2. The average molecular weight is 341 g/mol. The van der Waals surface area contributed by atoms with Crippen molar-refractivity contribution in [1.29, 1.82) is 0 Å². The quantitative estimate of drug-likeness (QED) is 0.878. The van der Waals surface area contributed by atoms with Gasteiger partial charge in [-0.2, -0.15) is 0 Å². The van der Waals surface area contributed by atoms with Crippen LogP contribution in [0.3, 0.4) is 0 Å². The predicted octanol–water partition coefficient (Wildman–Crippen LogP) is 2.85. The van der Waals surface area contributed by atoms with Crippen LogP contribution in [0.4, 0.5) is 4.79 Å². The molecular weight excluding hydrogens is 322 g/mol. The molecule has 0 bridgehead atoms. The van der Waals surface area contributed by atoms with Gasteiger partial charge in [0.15, 0.2) is 0 Å². The fourth-order valence-corrected chi connectivity index (χ4v) is 3.47. The maximum Gasteiger partial charge on any atom is 0.281 e. The minimum Gasteiger partial charge on any atom is -0.344 e. The van der Waals surface area contributed by atoms with Crippen LogP contribution in [0.5, 0.6) is 0 Å². The number of carbonyl (C=O) groups excluding carboxylic acids is 2. The Morgan fingerprint density at radius 2 is 2.00 bits per heavy atom. The van der Waals surface area contributed by atoms with Gasteiger partial charge in [-0.25, -0.2) is 0 Å². The van der Waals surface area contributed by atoms with Gasteiger partial charge in [-0.1, -0.05) is 48.2 Å². The predicted molar refractivity (Wildman–Crippen MR) is 94.7 cm³/mol. The molecule has 1 aromatic carbocycles. The normalized spacial score (nSPS) is 15.3. The van der Waals surface area contributed by atoms with Crippen LogP contribution in [0.25, 0.3) is 0 Å². The summed E-state index contributed by atoms with van der Waals surface area (Å²) in [5, 5.41) is 3.10. The molecule has 0 aliphatic carbocycles. The number of hydrogen-bond donors (Lipinski definition) is 1. The fraction of sp³-hybridized carbons (Fsp3) is 0.278. The van der Waals surface area contributed by atoms with E-state index in [0.717, 1.165) is 23.6 Å². The molecule has 6 heteroatoms. The monoisotopic (exact) mass is 341 g/mol. The van der Waals surface area contributed by atoms with Gasteiger partial charge in [-0.05, 0) is 17.7 Å². The molecule has 0 radical (unpaired) electrons. The Hall–Kier alpha value is -2.34. The highest BCUT2D eigenvalue weighted by Gasteiger charge is 2.23. The van der Waals surface area contributed by atoms with E-state index in [1.165, 1.54) is 11.8 Å². The number of hydrogen-bond acceptors (Lipinski definition) is 4. The topological polar surface area (TPSA) is 62.3 Å². The smallest absolute Gasteiger partial charge is 0.281 e. The number of nitrogens with zero attached hydrogens (tertiary/aromatic N) is 2. The minimum absolute atomic E-state index is 0.0622. The maximum absolute atomic E-state index is 12.4. The van der Waals surface area contributed by atoms with E-state index in [-0.39, 0.29) is 17.2 Å². The zero-order chi connectivity index (χ0) is 16.8. The van der Waals surface area contributed by atoms with Crippen molar-refractivity contribution in [2.24, 2.45) is 0 Å². The van der Waals surface area contributed by atoms with Gasteiger partial charge in [-0.3, -0.25) is 14.6 Å². The van der Waals surface area contributed by atoms with Crippen LogP contribution in [0.2, 0.25) is 0 Å². The summed E-state index contributed by atoms with van der Waals surface area (Å²) < 4.78 is 0. The van der Waals surface area contributed by atoms with Crippen LogP contribution < -0.4 is 5.32 Å². The molecule has 1 fully saturated rings. The summed E-state index contributed by atoms with van der Waals surface area (Å²) in [6.45, 7) is 1.18. The van der Waals surface area contributed by atoms with Gasteiger partial charge in [-0.15, -0.1) is 0 Å². The summed E-state index contributed by atoms with van der Waals surface area (Å²) in [4.78, 5) is 30.1. The van der Waals surface area contributed by atoms with Crippen molar-refractivity contribution in [2.75, 3.05) is 18.8 Å². The summed E-state index contributed by atoms with van der Waals surface area (Å²) in [5.74, 6) is 0.723.